The number of fused-ring (bicyclic) bond motifs is 2. The molecule has 1 spiro atoms. The van der Waals surface area contributed by atoms with E-state index in [0.29, 0.717) is 19.4 Å². The van der Waals surface area contributed by atoms with Crippen LogP contribution >= 0.6 is 0 Å². The lowest BCUT2D eigenvalue weighted by Crippen LogP contribution is -2.58. The van der Waals surface area contributed by atoms with Gasteiger partial charge in [-0.05, 0) is 57.2 Å². The Labute approximate surface area is 207 Å². The molecule has 0 radical (unpaired) electrons. The highest BCUT2D eigenvalue weighted by atomic mass is 16.5. The third-order valence-corrected chi connectivity index (χ3v) is 8.70. The van der Waals surface area contributed by atoms with Gasteiger partial charge in [0.1, 0.15) is 18.3 Å². The molecule has 8 nitrogen and oxygen atoms in total. The summed E-state index contributed by atoms with van der Waals surface area (Å²) in [6, 6.07) is 6.61. The van der Waals surface area contributed by atoms with Gasteiger partial charge >= 0.3 is 0 Å². The molecule has 2 aliphatic carbocycles. The number of hydrogen-bond acceptors (Lipinski definition) is 5. The zero-order valence-corrected chi connectivity index (χ0v) is 20.8. The van der Waals surface area contributed by atoms with Crippen LogP contribution < -0.4 is 16.0 Å². The lowest BCUT2D eigenvalue weighted by Gasteiger charge is -2.37. The Morgan fingerprint density at radius 3 is 2.63 bits per heavy atom. The first-order valence-corrected chi connectivity index (χ1v) is 13.2. The number of carbonyl (C=O) groups excluding carboxylic acids is 3. The number of nitrogens with zero attached hydrogens (tertiary/aromatic N) is 1. The van der Waals surface area contributed by atoms with E-state index in [4.69, 9.17) is 4.74 Å². The van der Waals surface area contributed by atoms with Crippen LogP contribution in [0.25, 0.3) is 0 Å². The Bertz CT molecular complexity index is 976. The molecule has 190 valence electrons. The molecule has 35 heavy (non-hydrogen) atoms. The second kappa shape index (κ2) is 9.90. The molecule has 8 heteroatoms. The highest BCUT2D eigenvalue weighted by molar-refractivity contribution is 5.94. The number of carbonyl (C=O) groups is 3. The molecule has 3 N–H and O–H groups in total. The Balaban J connectivity index is 1.42. The summed E-state index contributed by atoms with van der Waals surface area (Å²) in [5, 5.41) is 9.16. The van der Waals surface area contributed by atoms with Crippen LogP contribution in [-0.4, -0.2) is 60.6 Å². The number of hydrogen-bond donors (Lipinski definition) is 3. The molecule has 1 saturated carbocycles. The maximum atomic E-state index is 14.0. The van der Waals surface area contributed by atoms with Gasteiger partial charge in [-0.2, -0.15) is 0 Å². The number of aryl methyl sites for hydroxylation is 1. The minimum atomic E-state index is -0.689. The van der Waals surface area contributed by atoms with Crippen LogP contribution in [0, 0.1) is 5.41 Å². The summed E-state index contributed by atoms with van der Waals surface area (Å²) in [7, 11) is 1.71. The summed E-state index contributed by atoms with van der Waals surface area (Å²) in [5.74, 6) is -0.500. The topological polar surface area (TPSA) is 99.8 Å². The van der Waals surface area contributed by atoms with Gasteiger partial charge in [0.2, 0.25) is 17.7 Å². The van der Waals surface area contributed by atoms with Crippen molar-refractivity contribution in [2.75, 3.05) is 13.7 Å². The molecule has 4 aliphatic rings. The molecule has 5 atom stereocenters. The fourth-order valence-corrected chi connectivity index (χ4v) is 6.73. The van der Waals surface area contributed by atoms with E-state index in [1.165, 1.54) is 11.1 Å². The maximum absolute atomic E-state index is 14.0. The number of ether oxygens (including phenoxy) is 1. The number of rotatable bonds is 5. The monoisotopic (exact) mass is 482 g/mol. The van der Waals surface area contributed by atoms with E-state index in [1.807, 2.05) is 6.07 Å². The molecule has 2 saturated heterocycles. The van der Waals surface area contributed by atoms with E-state index in [0.717, 1.165) is 44.9 Å². The van der Waals surface area contributed by atoms with Crippen LogP contribution in [0.5, 0.6) is 0 Å². The molecule has 2 heterocycles. The van der Waals surface area contributed by atoms with Crippen molar-refractivity contribution in [1.29, 1.82) is 0 Å². The summed E-state index contributed by atoms with van der Waals surface area (Å²) in [5.41, 5.74) is 2.22. The number of likely N-dealkylation sites (N-methyl/N-ethyl adjacent to an activating group) is 1. The summed E-state index contributed by atoms with van der Waals surface area (Å²) in [6.07, 6.45) is 7.60. The van der Waals surface area contributed by atoms with Gasteiger partial charge in [0.15, 0.2) is 0 Å². The highest BCUT2D eigenvalue weighted by Gasteiger charge is 2.59. The smallest absolute Gasteiger partial charge is 0.247 e. The average Bonchev–Trinajstić information content (AvgIpc) is 3.43. The van der Waals surface area contributed by atoms with E-state index in [9.17, 15) is 14.4 Å². The zero-order chi connectivity index (χ0) is 24.6. The van der Waals surface area contributed by atoms with Crippen LogP contribution in [0.3, 0.4) is 0 Å². The van der Waals surface area contributed by atoms with Crippen molar-refractivity contribution in [3.05, 3.63) is 35.4 Å². The molecular formula is C27H38N4O4. The predicted molar refractivity (Wildman–Crippen MR) is 131 cm³/mol. The Kier molecular flexibility index (Phi) is 6.86. The van der Waals surface area contributed by atoms with Crippen molar-refractivity contribution in [1.82, 2.24) is 20.9 Å². The fraction of sp³-hybridized carbons (Fsp3) is 0.667. The molecular weight excluding hydrogens is 444 g/mol. The van der Waals surface area contributed by atoms with Gasteiger partial charge < -0.3 is 25.6 Å². The molecule has 1 aromatic rings. The number of amides is 3. The van der Waals surface area contributed by atoms with Crippen LogP contribution in [0.15, 0.2) is 24.3 Å². The van der Waals surface area contributed by atoms with E-state index >= 15 is 0 Å². The molecule has 5 rings (SSSR count). The highest BCUT2D eigenvalue weighted by Crippen LogP contribution is 2.53. The standard InChI is InChI=1S/C27H38N4O4/c1-17(28-2)24(32)30-21-12-15-35-22-16-27(13-5-6-14-27)23(31(22)26(21)34)25(33)29-20-11-7-9-18-8-3-4-10-19(18)20/h3-4,8,10,17,20-23,28H,5-7,9,11-16H2,1-2H3,(H,29,33)(H,30,32)/t17?,20-,21+,22?,23?/m1/s1. The molecule has 2 aliphatic heterocycles. The lowest BCUT2D eigenvalue weighted by atomic mass is 9.77. The molecule has 0 aromatic heterocycles. The Hall–Kier alpha value is -2.45. The minimum Gasteiger partial charge on any atom is -0.358 e. The largest absolute Gasteiger partial charge is 0.358 e. The molecule has 3 unspecified atom stereocenters. The first-order chi connectivity index (χ1) is 16.9. The molecule has 3 amide bonds. The predicted octanol–water partition coefficient (Wildman–Crippen LogP) is 2.18. The SMILES string of the molecule is CNC(C)C(=O)N[C@H]1CCOC2CC3(CCCC3)C(C(=O)N[C@@H]3CCCc4ccccc43)N2C1=O. The summed E-state index contributed by atoms with van der Waals surface area (Å²) < 4.78 is 6.17. The van der Waals surface area contributed by atoms with Gasteiger partial charge in [0.25, 0.3) is 0 Å². The molecule has 3 fully saturated rings. The second-order valence-electron chi connectivity index (χ2n) is 10.8. The fourth-order valence-electron chi connectivity index (χ4n) is 6.73. The minimum absolute atomic E-state index is 0.0417. The lowest BCUT2D eigenvalue weighted by molar-refractivity contribution is -0.150. The molecule has 1 aromatic carbocycles. The first kappa shape index (κ1) is 24.3. The van der Waals surface area contributed by atoms with Crippen LogP contribution in [-0.2, 0) is 25.5 Å². The van der Waals surface area contributed by atoms with Crippen molar-refractivity contribution < 1.29 is 19.1 Å². The molecule has 0 bridgehead atoms. The summed E-state index contributed by atoms with van der Waals surface area (Å²) >= 11 is 0. The normalized spacial score (nSPS) is 30.3. The van der Waals surface area contributed by atoms with Gasteiger partial charge in [-0.15, -0.1) is 0 Å². The van der Waals surface area contributed by atoms with E-state index < -0.39 is 24.4 Å². The van der Waals surface area contributed by atoms with Crippen molar-refractivity contribution in [3.8, 4) is 0 Å². The summed E-state index contributed by atoms with van der Waals surface area (Å²) in [6.45, 7) is 2.14. The maximum Gasteiger partial charge on any atom is 0.247 e. The van der Waals surface area contributed by atoms with Gasteiger partial charge in [0, 0.05) is 18.3 Å². The first-order valence-electron chi connectivity index (χ1n) is 13.2. The van der Waals surface area contributed by atoms with Gasteiger partial charge in [-0.3, -0.25) is 14.4 Å². The third-order valence-electron chi connectivity index (χ3n) is 8.70. The number of benzene rings is 1. The van der Waals surface area contributed by atoms with E-state index in [-0.39, 0.29) is 29.2 Å². The summed E-state index contributed by atoms with van der Waals surface area (Å²) in [4.78, 5) is 42.1. The quantitative estimate of drug-likeness (QED) is 0.598. The third kappa shape index (κ3) is 4.47. The van der Waals surface area contributed by atoms with E-state index in [2.05, 4.69) is 34.1 Å². The van der Waals surface area contributed by atoms with Crippen LogP contribution in [0.4, 0.5) is 0 Å². The second-order valence-corrected chi connectivity index (χ2v) is 10.8. The Morgan fingerprint density at radius 1 is 1.09 bits per heavy atom. The van der Waals surface area contributed by atoms with E-state index in [1.54, 1.807) is 18.9 Å². The van der Waals surface area contributed by atoms with Crippen molar-refractivity contribution >= 4 is 17.7 Å². The van der Waals surface area contributed by atoms with Crippen molar-refractivity contribution in [2.24, 2.45) is 5.41 Å². The van der Waals surface area contributed by atoms with Crippen molar-refractivity contribution in [2.45, 2.75) is 95.1 Å². The Morgan fingerprint density at radius 2 is 1.86 bits per heavy atom. The zero-order valence-electron chi connectivity index (χ0n) is 20.8. The van der Waals surface area contributed by atoms with Crippen LogP contribution in [0.2, 0.25) is 0 Å². The van der Waals surface area contributed by atoms with Gasteiger partial charge in [-0.1, -0.05) is 37.1 Å². The van der Waals surface area contributed by atoms with Gasteiger partial charge in [0.05, 0.1) is 18.7 Å². The van der Waals surface area contributed by atoms with Crippen LogP contribution in [0.1, 0.15) is 75.5 Å². The van der Waals surface area contributed by atoms with Crippen molar-refractivity contribution in [3.63, 3.8) is 0 Å². The number of nitrogens with one attached hydrogen (secondary N) is 3. The van der Waals surface area contributed by atoms with Gasteiger partial charge in [-0.25, -0.2) is 0 Å². The average molecular weight is 483 g/mol.